The fourth-order valence-corrected chi connectivity index (χ4v) is 4.60. The van der Waals surface area contributed by atoms with Crippen LogP contribution < -0.4 is 5.32 Å². The molecule has 0 bridgehead atoms. The van der Waals surface area contributed by atoms with Gasteiger partial charge in [-0.15, -0.1) is 23.1 Å². The van der Waals surface area contributed by atoms with Crippen molar-refractivity contribution >= 4 is 29.0 Å². The third kappa shape index (κ3) is 6.23. The Morgan fingerprint density at radius 3 is 2.64 bits per heavy atom. The van der Waals surface area contributed by atoms with Gasteiger partial charge in [0, 0.05) is 28.7 Å². The normalized spacial score (nSPS) is 11.9. The maximum Gasteiger partial charge on any atom is 0.252 e. The summed E-state index contributed by atoms with van der Waals surface area (Å²) in [6, 6.07) is 22.1. The molecule has 0 aliphatic heterocycles. The van der Waals surface area contributed by atoms with Crippen LogP contribution in [-0.4, -0.2) is 19.1 Å². The number of thiophene rings is 1. The number of thioether (sulfide) groups is 1. The summed E-state index contributed by atoms with van der Waals surface area (Å²) in [5, 5.41) is 5.09. The Morgan fingerprint density at radius 1 is 1.07 bits per heavy atom. The summed E-state index contributed by atoms with van der Waals surface area (Å²) in [4.78, 5) is 14.9. The molecule has 146 valence electrons. The molecular weight excluding hydrogens is 386 g/mol. The zero-order valence-corrected chi connectivity index (χ0v) is 17.6. The Kier molecular flexibility index (Phi) is 8.15. The van der Waals surface area contributed by atoms with Gasteiger partial charge < -0.3 is 10.1 Å². The van der Waals surface area contributed by atoms with Gasteiger partial charge in [-0.25, -0.2) is 0 Å². The first-order chi connectivity index (χ1) is 13.7. The number of carbonyl (C=O) groups excluding carboxylic acids is 1. The standard InChI is InChI=1S/C23H25NO2S2/c1-18(19-9-3-2-4-10-19)26-15-8-14-24-23(25)21-12-5-6-13-22(21)28-17-20-11-7-16-27-20/h2-7,9-13,16,18H,8,14-15,17H2,1H3,(H,24,25)/t18-/m0/s1. The second kappa shape index (κ2) is 11.1. The lowest BCUT2D eigenvalue weighted by Gasteiger charge is -2.14. The number of amides is 1. The van der Waals surface area contributed by atoms with Crippen LogP contribution in [0.25, 0.3) is 0 Å². The average Bonchev–Trinajstić information content (AvgIpc) is 3.26. The summed E-state index contributed by atoms with van der Waals surface area (Å²) in [5.41, 5.74) is 1.91. The monoisotopic (exact) mass is 411 g/mol. The molecule has 3 nitrogen and oxygen atoms in total. The van der Waals surface area contributed by atoms with Crippen LogP contribution >= 0.6 is 23.1 Å². The molecule has 0 unspecified atom stereocenters. The Balaban J connectivity index is 1.42. The molecule has 0 aliphatic rings. The molecular formula is C23H25NO2S2. The van der Waals surface area contributed by atoms with Crippen molar-refractivity contribution in [1.82, 2.24) is 5.32 Å². The molecule has 1 N–H and O–H groups in total. The maximum absolute atomic E-state index is 12.6. The van der Waals surface area contributed by atoms with E-state index in [0.29, 0.717) is 13.2 Å². The molecule has 1 heterocycles. The Hall–Kier alpha value is -2.08. The lowest BCUT2D eigenvalue weighted by Crippen LogP contribution is -2.25. The fraction of sp³-hybridized carbons (Fsp3) is 0.261. The first-order valence-corrected chi connectivity index (χ1v) is 11.3. The van der Waals surface area contributed by atoms with Crippen molar-refractivity contribution in [2.75, 3.05) is 13.2 Å². The molecule has 3 aromatic rings. The van der Waals surface area contributed by atoms with Gasteiger partial charge in [-0.2, -0.15) is 0 Å². The maximum atomic E-state index is 12.6. The number of hydrogen-bond acceptors (Lipinski definition) is 4. The minimum atomic E-state index is -0.0228. The quantitative estimate of drug-likeness (QED) is 0.331. The summed E-state index contributed by atoms with van der Waals surface area (Å²) in [6.07, 6.45) is 0.847. The molecule has 5 heteroatoms. The number of nitrogens with one attached hydrogen (secondary N) is 1. The molecule has 1 atom stereocenters. The second-order valence-corrected chi connectivity index (χ2v) is 8.45. The largest absolute Gasteiger partial charge is 0.374 e. The van der Waals surface area contributed by atoms with Crippen LogP contribution in [0.15, 0.2) is 77.0 Å². The topological polar surface area (TPSA) is 38.3 Å². The van der Waals surface area contributed by atoms with E-state index in [0.717, 1.165) is 22.6 Å². The number of rotatable bonds is 10. The minimum absolute atomic E-state index is 0.0228. The van der Waals surface area contributed by atoms with Crippen molar-refractivity contribution < 1.29 is 9.53 Å². The van der Waals surface area contributed by atoms with Crippen LogP contribution in [0.3, 0.4) is 0 Å². The number of ether oxygens (including phenoxy) is 1. The predicted octanol–water partition coefficient (Wildman–Crippen LogP) is 5.94. The van der Waals surface area contributed by atoms with Crippen LogP contribution in [0.1, 0.15) is 40.2 Å². The fourth-order valence-electron chi connectivity index (χ4n) is 2.77. The summed E-state index contributed by atoms with van der Waals surface area (Å²) in [7, 11) is 0. The Labute approximate surface area is 175 Å². The van der Waals surface area contributed by atoms with Crippen LogP contribution in [0, 0.1) is 0 Å². The van der Waals surface area contributed by atoms with Crippen LogP contribution in [-0.2, 0) is 10.5 Å². The third-order valence-electron chi connectivity index (χ3n) is 4.33. The van der Waals surface area contributed by atoms with E-state index in [1.165, 1.54) is 10.4 Å². The highest BCUT2D eigenvalue weighted by atomic mass is 32.2. The van der Waals surface area contributed by atoms with E-state index >= 15 is 0 Å². The molecule has 0 saturated heterocycles. The molecule has 0 saturated carbocycles. The molecule has 0 aliphatic carbocycles. The van der Waals surface area contributed by atoms with Crippen LogP contribution in [0.5, 0.6) is 0 Å². The summed E-state index contributed by atoms with van der Waals surface area (Å²) in [5.74, 6) is 0.859. The average molecular weight is 412 g/mol. The van der Waals surface area contributed by atoms with Crippen LogP contribution in [0.4, 0.5) is 0 Å². The summed E-state index contributed by atoms with van der Waals surface area (Å²) >= 11 is 3.44. The Morgan fingerprint density at radius 2 is 1.86 bits per heavy atom. The molecule has 1 aromatic heterocycles. The van der Waals surface area contributed by atoms with Crippen LogP contribution in [0.2, 0.25) is 0 Å². The summed E-state index contributed by atoms with van der Waals surface area (Å²) in [6.45, 7) is 3.27. The molecule has 3 rings (SSSR count). The molecule has 0 radical (unpaired) electrons. The van der Waals surface area contributed by atoms with E-state index < -0.39 is 0 Å². The first kappa shape index (κ1) is 20.6. The van der Waals surface area contributed by atoms with Gasteiger partial charge in [-0.3, -0.25) is 4.79 Å². The van der Waals surface area contributed by atoms with E-state index in [1.54, 1.807) is 23.1 Å². The number of benzene rings is 2. The molecule has 28 heavy (non-hydrogen) atoms. The molecule has 0 spiro atoms. The van der Waals surface area contributed by atoms with Crippen molar-refractivity contribution in [3.8, 4) is 0 Å². The van der Waals surface area contributed by atoms with Crippen molar-refractivity contribution in [3.63, 3.8) is 0 Å². The zero-order chi connectivity index (χ0) is 19.6. The molecule has 0 fully saturated rings. The van der Waals surface area contributed by atoms with E-state index in [9.17, 15) is 4.79 Å². The van der Waals surface area contributed by atoms with Gasteiger partial charge >= 0.3 is 0 Å². The highest BCUT2D eigenvalue weighted by molar-refractivity contribution is 7.98. The number of hydrogen-bond donors (Lipinski definition) is 1. The molecule has 2 aromatic carbocycles. The Bertz CT molecular complexity index is 850. The van der Waals surface area contributed by atoms with Gasteiger partial charge in [0.1, 0.15) is 0 Å². The minimum Gasteiger partial charge on any atom is -0.374 e. The van der Waals surface area contributed by atoms with Gasteiger partial charge in [0.2, 0.25) is 0 Å². The van der Waals surface area contributed by atoms with Gasteiger partial charge in [0.25, 0.3) is 5.91 Å². The predicted molar refractivity (Wildman–Crippen MR) is 118 cm³/mol. The third-order valence-corrected chi connectivity index (χ3v) is 6.51. The SMILES string of the molecule is C[C@H](OCCCNC(=O)c1ccccc1SCc1cccs1)c1ccccc1. The first-order valence-electron chi connectivity index (χ1n) is 9.43. The van der Waals surface area contributed by atoms with Gasteiger partial charge in [-0.05, 0) is 42.5 Å². The lowest BCUT2D eigenvalue weighted by atomic mass is 10.1. The van der Waals surface area contributed by atoms with Crippen molar-refractivity contribution in [2.24, 2.45) is 0 Å². The van der Waals surface area contributed by atoms with E-state index in [4.69, 9.17) is 4.74 Å². The van der Waals surface area contributed by atoms with Crippen molar-refractivity contribution in [3.05, 3.63) is 88.1 Å². The smallest absolute Gasteiger partial charge is 0.252 e. The van der Waals surface area contributed by atoms with Crippen molar-refractivity contribution in [1.29, 1.82) is 0 Å². The highest BCUT2D eigenvalue weighted by Gasteiger charge is 2.11. The van der Waals surface area contributed by atoms with Gasteiger partial charge in [0.15, 0.2) is 0 Å². The molecule has 1 amide bonds. The highest BCUT2D eigenvalue weighted by Crippen LogP contribution is 2.27. The lowest BCUT2D eigenvalue weighted by molar-refractivity contribution is 0.0634. The number of carbonyl (C=O) groups is 1. The van der Waals surface area contributed by atoms with E-state index in [1.807, 2.05) is 42.5 Å². The summed E-state index contributed by atoms with van der Waals surface area (Å²) < 4.78 is 5.86. The van der Waals surface area contributed by atoms with E-state index in [2.05, 4.69) is 41.9 Å². The van der Waals surface area contributed by atoms with Crippen molar-refractivity contribution in [2.45, 2.75) is 30.1 Å². The second-order valence-electron chi connectivity index (χ2n) is 6.40. The van der Waals surface area contributed by atoms with E-state index in [-0.39, 0.29) is 12.0 Å². The van der Waals surface area contributed by atoms with Gasteiger partial charge in [0.05, 0.1) is 11.7 Å². The zero-order valence-electron chi connectivity index (χ0n) is 16.0. The van der Waals surface area contributed by atoms with Gasteiger partial charge in [-0.1, -0.05) is 48.5 Å².